The van der Waals surface area contributed by atoms with Crippen molar-refractivity contribution in [2.45, 2.75) is 44.1 Å². The molecule has 1 aromatic rings. The van der Waals surface area contributed by atoms with Crippen molar-refractivity contribution in [3.8, 4) is 0 Å². The standard InChI is InChI=1S/C20H27N3O2/c24-19(17-2-1-3-21-18(17)23-4-6-25-7-5-23)22-20-11-14-8-15(12-20)10-16(9-14)13-20/h1-3,14-16H,4-13H2,(H,22,24). The lowest BCUT2D eigenvalue weighted by Crippen LogP contribution is -2.60. The van der Waals surface area contributed by atoms with Crippen LogP contribution in [0.15, 0.2) is 18.3 Å². The van der Waals surface area contributed by atoms with Gasteiger partial charge in [-0.25, -0.2) is 4.98 Å². The fourth-order valence-electron chi connectivity index (χ4n) is 6.17. The van der Waals surface area contributed by atoms with Crippen LogP contribution in [-0.2, 0) is 4.74 Å². The summed E-state index contributed by atoms with van der Waals surface area (Å²) in [4.78, 5) is 19.9. The largest absolute Gasteiger partial charge is 0.378 e. The molecule has 4 bridgehead atoms. The summed E-state index contributed by atoms with van der Waals surface area (Å²) in [6.45, 7) is 3.00. The monoisotopic (exact) mass is 341 g/mol. The molecule has 4 saturated carbocycles. The van der Waals surface area contributed by atoms with Crippen molar-refractivity contribution < 1.29 is 9.53 Å². The predicted octanol–water partition coefficient (Wildman–Crippen LogP) is 2.62. The van der Waals surface area contributed by atoms with Gasteiger partial charge in [0.2, 0.25) is 0 Å². The Morgan fingerprint density at radius 3 is 2.40 bits per heavy atom. The smallest absolute Gasteiger partial charge is 0.255 e. The first-order chi connectivity index (χ1) is 12.2. The summed E-state index contributed by atoms with van der Waals surface area (Å²) in [7, 11) is 0. The van der Waals surface area contributed by atoms with Crippen LogP contribution < -0.4 is 10.2 Å². The molecular formula is C20H27N3O2. The molecule has 0 radical (unpaired) electrons. The van der Waals surface area contributed by atoms with Gasteiger partial charge in [-0.05, 0) is 68.4 Å². The summed E-state index contributed by atoms with van der Waals surface area (Å²) in [5.41, 5.74) is 0.768. The van der Waals surface area contributed by atoms with Crippen LogP contribution in [0.2, 0.25) is 0 Å². The van der Waals surface area contributed by atoms with Crippen molar-refractivity contribution in [1.29, 1.82) is 0 Å². The van der Waals surface area contributed by atoms with Crippen LogP contribution >= 0.6 is 0 Å². The topological polar surface area (TPSA) is 54.5 Å². The molecule has 1 N–H and O–H groups in total. The average molecular weight is 341 g/mol. The van der Waals surface area contributed by atoms with Crippen molar-refractivity contribution >= 4 is 11.7 Å². The Balaban J connectivity index is 1.38. The van der Waals surface area contributed by atoms with Gasteiger partial charge in [0.25, 0.3) is 5.91 Å². The van der Waals surface area contributed by atoms with Gasteiger partial charge in [-0.2, -0.15) is 0 Å². The number of aromatic nitrogens is 1. The minimum absolute atomic E-state index is 0.0456. The van der Waals surface area contributed by atoms with Gasteiger partial charge in [-0.15, -0.1) is 0 Å². The molecule has 0 atom stereocenters. The highest BCUT2D eigenvalue weighted by Gasteiger charge is 2.51. The second-order valence-electron chi connectivity index (χ2n) is 8.63. The Morgan fingerprint density at radius 1 is 1.12 bits per heavy atom. The maximum absolute atomic E-state index is 13.2. The van der Waals surface area contributed by atoms with Gasteiger partial charge >= 0.3 is 0 Å². The summed E-state index contributed by atoms with van der Waals surface area (Å²) in [6, 6.07) is 3.80. The summed E-state index contributed by atoms with van der Waals surface area (Å²) in [6.07, 6.45) is 9.49. The van der Waals surface area contributed by atoms with Crippen molar-refractivity contribution in [1.82, 2.24) is 10.3 Å². The second kappa shape index (κ2) is 5.97. The van der Waals surface area contributed by atoms with E-state index in [1.807, 2.05) is 12.1 Å². The fourth-order valence-corrected chi connectivity index (χ4v) is 6.17. The maximum atomic E-state index is 13.2. The number of carbonyl (C=O) groups excluding carboxylic acids is 1. The van der Waals surface area contributed by atoms with E-state index in [4.69, 9.17) is 4.74 Å². The second-order valence-corrected chi connectivity index (χ2v) is 8.63. The van der Waals surface area contributed by atoms with E-state index in [9.17, 15) is 4.79 Å². The van der Waals surface area contributed by atoms with E-state index < -0.39 is 0 Å². The van der Waals surface area contributed by atoms with E-state index in [-0.39, 0.29) is 11.4 Å². The molecule has 6 rings (SSSR count). The average Bonchev–Trinajstić information content (AvgIpc) is 2.61. The minimum atomic E-state index is 0.0456. The highest BCUT2D eigenvalue weighted by Crippen LogP contribution is 2.55. The molecule has 1 saturated heterocycles. The van der Waals surface area contributed by atoms with E-state index in [0.717, 1.165) is 42.2 Å². The molecule has 1 amide bonds. The quantitative estimate of drug-likeness (QED) is 0.918. The highest BCUT2D eigenvalue weighted by atomic mass is 16.5. The van der Waals surface area contributed by atoms with E-state index in [1.54, 1.807) is 6.20 Å². The van der Waals surface area contributed by atoms with Crippen molar-refractivity contribution in [3.05, 3.63) is 23.9 Å². The molecule has 0 unspecified atom stereocenters. The van der Waals surface area contributed by atoms with Crippen molar-refractivity contribution in [2.75, 3.05) is 31.2 Å². The number of hydrogen-bond donors (Lipinski definition) is 1. The zero-order valence-corrected chi connectivity index (χ0v) is 14.7. The Labute approximate surface area is 149 Å². The van der Waals surface area contributed by atoms with Crippen LogP contribution in [0.3, 0.4) is 0 Å². The maximum Gasteiger partial charge on any atom is 0.255 e. The number of amides is 1. The molecule has 1 aromatic heterocycles. The lowest BCUT2D eigenvalue weighted by Gasteiger charge is -2.56. The Hall–Kier alpha value is -1.62. The third-order valence-electron chi connectivity index (χ3n) is 6.76. The van der Waals surface area contributed by atoms with E-state index in [0.29, 0.717) is 13.2 Å². The fraction of sp³-hybridized carbons (Fsp3) is 0.700. The number of nitrogens with one attached hydrogen (secondary N) is 1. The summed E-state index contributed by atoms with van der Waals surface area (Å²) >= 11 is 0. The van der Waals surface area contributed by atoms with Crippen LogP contribution in [0.25, 0.3) is 0 Å². The van der Waals surface area contributed by atoms with Gasteiger partial charge in [0.15, 0.2) is 0 Å². The van der Waals surface area contributed by atoms with Gasteiger partial charge in [0, 0.05) is 24.8 Å². The SMILES string of the molecule is O=C(NC12CC3CC(CC(C3)C1)C2)c1cccnc1N1CCOCC1. The molecule has 25 heavy (non-hydrogen) atoms. The van der Waals surface area contributed by atoms with E-state index in [2.05, 4.69) is 15.2 Å². The predicted molar refractivity (Wildman–Crippen MR) is 95.6 cm³/mol. The minimum Gasteiger partial charge on any atom is -0.378 e. The lowest BCUT2D eigenvalue weighted by atomic mass is 9.53. The number of morpholine rings is 1. The zero-order valence-electron chi connectivity index (χ0n) is 14.7. The summed E-state index contributed by atoms with van der Waals surface area (Å²) < 4.78 is 5.44. The molecule has 4 aliphatic carbocycles. The van der Waals surface area contributed by atoms with Gasteiger partial charge < -0.3 is 15.0 Å². The van der Waals surface area contributed by atoms with Crippen molar-refractivity contribution in [2.24, 2.45) is 17.8 Å². The van der Waals surface area contributed by atoms with Crippen LogP contribution in [0, 0.1) is 17.8 Å². The van der Waals surface area contributed by atoms with E-state index in [1.165, 1.54) is 38.5 Å². The molecule has 5 heteroatoms. The normalized spacial score (nSPS) is 36.5. The van der Waals surface area contributed by atoms with Crippen LogP contribution in [0.5, 0.6) is 0 Å². The van der Waals surface area contributed by atoms with Gasteiger partial charge in [-0.1, -0.05) is 0 Å². The first-order valence-corrected chi connectivity index (χ1v) is 9.81. The third kappa shape index (κ3) is 2.82. The molecule has 2 heterocycles. The van der Waals surface area contributed by atoms with Gasteiger partial charge in [0.1, 0.15) is 5.82 Å². The molecule has 5 aliphatic rings. The molecule has 1 aliphatic heterocycles. The number of nitrogens with zero attached hydrogens (tertiary/aromatic N) is 2. The van der Waals surface area contributed by atoms with Crippen LogP contribution in [0.4, 0.5) is 5.82 Å². The Kier molecular flexibility index (Phi) is 3.73. The molecular weight excluding hydrogens is 314 g/mol. The lowest BCUT2D eigenvalue weighted by molar-refractivity contribution is -0.0167. The zero-order chi connectivity index (χ0) is 16.9. The number of pyridine rings is 1. The van der Waals surface area contributed by atoms with Crippen LogP contribution in [0.1, 0.15) is 48.9 Å². The first-order valence-electron chi connectivity index (χ1n) is 9.81. The van der Waals surface area contributed by atoms with Crippen LogP contribution in [-0.4, -0.2) is 42.7 Å². The number of anilines is 1. The number of ether oxygens (including phenoxy) is 1. The number of hydrogen-bond acceptors (Lipinski definition) is 4. The third-order valence-corrected chi connectivity index (χ3v) is 6.76. The molecule has 5 fully saturated rings. The Morgan fingerprint density at radius 2 is 1.76 bits per heavy atom. The number of rotatable bonds is 3. The first kappa shape index (κ1) is 15.6. The van der Waals surface area contributed by atoms with Crippen molar-refractivity contribution in [3.63, 3.8) is 0 Å². The number of carbonyl (C=O) groups is 1. The molecule has 5 nitrogen and oxygen atoms in total. The molecule has 0 spiro atoms. The Bertz CT molecular complexity index is 633. The van der Waals surface area contributed by atoms with Gasteiger partial charge in [0.05, 0.1) is 18.8 Å². The molecule has 0 aromatic carbocycles. The summed E-state index contributed by atoms with van der Waals surface area (Å²) in [5.74, 6) is 3.38. The summed E-state index contributed by atoms with van der Waals surface area (Å²) in [5, 5.41) is 3.48. The highest BCUT2D eigenvalue weighted by molar-refractivity contribution is 5.99. The van der Waals surface area contributed by atoms with E-state index >= 15 is 0 Å². The van der Waals surface area contributed by atoms with Gasteiger partial charge in [-0.3, -0.25) is 4.79 Å². The molecule has 134 valence electrons.